The van der Waals surface area contributed by atoms with Crippen LogP contribution >= 0.6 is 15.9 Å². The Bertz CT molecular complexity index is 672. The van der Waals surface area contributed by atoms with Crippen molar-refractivity contribution in [1.29, 1.82) is 0 Å². The van der Waals surface area contributed by atoms with Crippen LogP contribution in [0, 0.1) is 22.9 Å². The molecule has 2 rings (SSSR count). The molecule has 2 aromatic rings. The summed E-state index contributed by atoms with van der Waals surface area (Å²) in [4.78, 5) is 10.3. The number of nitro benzene ring substituents is 1. The minimum atomic E-state index is -0.793. The van der Waals surface area contributed by atoms with Crippen LogP contribution in [0.2, 0.25) is 0 Å². The van der Waals surface area contributed by atoms with Gasteiger partial charge in [-0.25, -0.2) is 9.07 Å². The third-order valence-corrected chi connectivity index (χ3v) is 3.32. The molecule has 0 aliphatic heterocycles. The minimum Gasteiger partial charge on any atom is -0.429 e. The molecule has 0 radical (unpaired) electrons. The van der Waals surface area contributed by atoms with Gasteiger partial charge < -0.3 is 4.74 Å². The second-order valence-corrected chi connectivity index (χ2v) is 4.63. The first-order valence-electron chi connectivity index (χ1n) is 5.65. The van der Waals surface area contributed by atoms with Gasteiger partial charge in [0.1, 0.15) is 0 Å². The Morgan fingerprint density at radius 1 is 1.55 bits per heavy atom. The summed E-state index contributed by atoms with van der Waals surface area (Å²) in [7, 11) is 1.63. The van der Waals surface area contributed by atoms with Crippen molar-refractivity contribution in [2.24, 2.45) is 7.05 Å². The predicted molar refractivity (Wildman–Crippen MR) is 73.7 cm³/mol. The van der Waals surface area contributed by atoms with Gasteiger partial charge in [0, 0.05) is 24.0 Å². The predicted octanol–water partition coefficient (Wildman–Crippen LogP) is 3.46. The first kappa shape index (κ1) is 14.4. The van der Waals surface area contributed by atoms with E-state index in [0.29, 0.717) is 16.6 Å². The number of nitro groups is 1. The average Bonchev–Trinajstić information content (AvgIpc) is 2.65. The minimum absolute atomic E-state index is 0.271. The van der Waals surface area contributed by atoms with E-state index in [1.807, 2.05) is 0 Å². The Balaban J connectivity index is 2.53. The molecule has 1 aromatic carbocycles. The molecule has 0 aliphatic rings. The first-order valence-corrected chi connectivity index (χ1v) is 6.77. The number of halogens is 2. The Morgan fingerprint density at radius 3 is 2.85 bits per heavy atom. The van der Waals surface area contributed by atoms with Gasteiger partial charge in [-0.2, -0.15) is 5.10 Å². The zero-order chi connectivity index (χ0) is 14.9. The van der Waals surface area contributed by atoms with Crippen molar-refractivity contribution >= 4 is 21.6 Å². The number of para-hydroxylation sites is 1. The summed E-state index contributed by atoms with van der Waals surface area (Å²) < 4.78 is 20.6. The van der Waals surface area contributed by atoms with E-state index in [4.69, 9.17) is 4.74 Å². The molecule has 0 unspecified atom stereocenters. The summed E-state index contributed by atoms with van der Waals surface area (Å²) >= 11 is 3.29. The second-order valence-electron chi connectivity index (χ2n) is 4.07. The molecule has 20 heavy (non-hydrogen) atoms. The van der Waals surface area contributed by atoms with Gasteiger partial charge in [-0.3, -0.25) is 10.1 Å². The van der Waals surface area contributed by atoms with Gasteiger partial charge in [0.05, 0.1) is 10.6 Å². The van der Waals surface area contributed by atoms with E-state index in [9.17, 15) is 14.5 Å². The molecule has 0 saturated heterocycles. The largest absolute Gasteiger partial charge is 0.429 e. The average molecular weight is 344 g/mol. The molecule has 0 amide bonds. The van der Waals surface area contributed by atoms with Gasteiger partial charge in [0.15, 0.2) is 5.82 Å². The van der Waals surface area contributed by atoms with E-state index < -0.39 is 22.2 Å². The molecule has 1 heterocycles. The molecular weight excluding hydrogens is 333 g/mol. The van der Waals surface area contributed by atoms with Crippen LogP contribution in [-0.4, -0.2) is 14.7 Å². The first-order chi connectivity index (χ1) is 9.45. The number of rotatable bonds is 4. The van der Waals surface area contributed by atoms with Crippen LogP contribution in [0.4, 0.5) is 10.1 Å². The third-order valence-electron chi connectivity index (χ3n) is 2.76. The highest BCUT2D eigenvalue weighted by Crippen LogP contribution is 2.36. The van der Waals surface area contributed by atoms with Gasteiger partial charge >= 0.3 is 5.69 Å². The third kappa shape index (κ3) is 2.51. The molecule has 6 nitrogen and oxygen atoms in total. The van der Waals surface area contributed by atoms with Gasteiger partial charge in [0.25, 0.3) is 0 Å². The lowest BCUT2D eigenvalue weighted by Crippen LogP contribution is -2.01. The molecule has 0 aliphatic carbocycles. The fourth-order valence-electron chi connectivity index (χ4n) is 1.80. The number of ether oxygens (including phenoxy) is 1. The van der Waals surface area contributed by atoms with E-state index >= 15 is 0 Å². The summed E-state index contributed by atoms with van der Waals surface area (Å²) in [6.07, 6.45) is 0. The smallest absolute Gasteiger partial charge is 0.314 e. The molecule has 0 saturated carbocycles. The Hall–Kier alpha value is -1.96. The maximum Gasteiger partial charge on any atom is 0.314 e. The quantitative estimate of drug-likeness (QED) is 0.484. The van der Waals surface area contributed by atoms with Crippen molar-refractivity contribution in [3.8, 4) is 11.6 Å². The van der Waals surface area contributed by atoms with E-state index in [-0.39, 0.29) is 5.88 Å². The van der Waals surface area contributed by atoms with Crippen LogP contribution in [0.15, 0.2) is 18.2 Å². The Labute approximate surface area is 122 Å². The van der Waals surface area contributed by atoms with Gasteiger partial charge in [-0.1, -0.05) is 22.0 Å². The highest BCUT2D eigenvalue weighted by atomic mass is 79.9. The zero-order valence-electron chi connectivity index (χ0n) is 10.8. The summed E-state index contributed by atoms with van der Waals surface area (Å²) in [6, 6.07) is 3.56. The summed E-state index contributed by atoms with van der Waals surface area (Å²) in [6.45, 7) is 1.78. The summed E-state index contributed by atoms with van der Waals surface area (Å²) in [5.41, 5.74) is 0.993. The molecule has 8 heteroatoms. The van der Waals surface area contributed by atoms with E-state index in [1.165, 1.54) is 16.8 Å². The molecule has 0 N–H and O–H groups in total. The molecule has 0 fully saturated rings. The highest BCUT2D eigenvalue weighted by Gasteiger charge is 2.23. The van der Waals surface area contributed by atoms with Crippen molar-refractivity contribution in [3.05, 3.63) is 45.4 Å². The zero-order valence-corrected chi connectivity index (χ0v) is 12.3. The maximum absolute atomic E-state index is 13.8. The van der Waals surface area contributed by atoms with Crippen LogP contribution in [0.1, 0.15) is 11.3 Å². The van der Waals surface area contributed by atoms with Crippen molar-refractivity contribution in [2.45, 2.75) is 12.3 Å². The lowest BCUT2D eigenvalue weighted by atomic mass is 10.2. The topological polar surface area (TPSA) is 70.2 Å². The Kier molecular flexibility index (Phi) is 4.03. The molecule has 1 aromatic heterocycles. The van der Waals surface area contributed by atoms with Gasteiger partial charge in [-0.05, 0) is 13.0 Å². The SMILES string of the molecule is Cc1nn(C)c(Oc2c(F)cccc2[N+](=O)[O-])c1CBr. The lowest BCUT2D eigenvalue weighted by molar-refractivity contribution is -0.385. The van der Waals surface area contributed by atoms with Crippen LogP contribution in [0.5, 0.6) is 11.6 Å². The van der Waals surface area contributed by atoms with E-state index in [0.717, 1.165) is 6.07 Å². The van der Waals surface area contributed by atoms with Crippen LogP contribution in [0.3, 0.4) is 0 Å². The maximum atomic E-state index is 13.8. The second kappa shape index (κ2) is 5.58. The molecular formula is C12H11BrFN3O3. The van der Waals surface area contributed by atoms with Gasteiger partial charge in [-0.15, -0.1) is 0 Å². The fraction of sp³-hybridized carbons (Fsp3) is 0.250. The van der Waals surface area contributed by atoms with E-state index in [2.05, 4.69) is 21.0 Å². The fourth-order valence-corrected chi connectivity index (χ4v) is 2.45. The van der Waals surface area contributed by atoms with Gasteiger partial charge in [0.2, 0.25) is 11.6 Å². The highest BCUT2D eigenvalue weighted by molar-refractivity contribution is 9.08. The molecule has 0 spiro atoms. The van der Waals surface area contributed by atoms with Crippen molar-refractivity contribution < 1.29 is 14.1 Å². The van der Waals surface area contributed by atoms with Crippen molar-refractivity contribution in [2.75, 3.05) is 0 Å². The van der Waals surface area contributed by atoms with Crippen LogP contribution < -0.4 is 4.74 Å². The number of benzene rings is 1. The standard InChI is InChI=1S/C12H11BrFN3O3/c1-7-8(6-13)12(16(2)15-7)20-11-9(14)4-3-5-10(11)17(18)19/h3-5H,6H2,1-2H3. The number of nitrogens with zero attached hydrogens (tertiary/aromatic N) is 3. The van der Waals surface area contributed by atoms with Crippen LogP contribution in [0.25, 0.3) is 0 Å². The molecule has 106 valence electrons. The summed E-state index contributed by atoms with van der Waals surface area (Å²) in [5.74, 6) is -0.936. The summed E-state index contributed by atoms with van der Waals surface area (Å²) in [5, 5.41) is 15.5. The molecule has 0 bridgehead atoms. The normalized spacial score (nSPS) is 10.6. The number of aryl methyl sites for hydroxylation is 2. The number of hydrogen-bond acceptors (Lipinski definition) is 4. The molecule has 0 atom stereocenters. The van der Waals surface area contributed by atoms with Crippen molar-refractivity contribution in [3.63, 3.8) is 0 Å². The van der Waals surface area contributed by atoms with E-state index in [1.54, 1.807) is 14.0 Å². The lowest BCUT2D eigenvalue weighted by Gasteiger charge is -2.08. The number of alkyl halides is 1. The van der Waals surface area contributed by atoms with Crippen LogP contribution in [-0.2, 0) is 12.4 Å². The van der Waals surface area contributed by atoms with Crippen molar-refractivity contribution in [1.82, 2.24) is 9.78 Å². The Morgan fingerprint density at radius 2 is 2.25 bits per heavy atom. The monoisotopic (exact) mass is 343 g/mol. The number of hydrogen-bond donors (Lipinski definition) is 0. The number of aromatic nitrogens is 2.